The van der Waals surface area contributed by atoms with Gasteiger partial charge in [-0.3, -0.25) is 14.9 Å². The van der Waals surface area contributed by atoms with Gasteiger partial charge in [-0.25, -0.2) is 4.79 Å². The predicted molar refractivity (Wildman–Crippen MR) is 64.2 cm³/mol. The Bertz CT molecular complexity index is 514. The average molecular weight is 268 g/mol. The maximum absolute atomic E-state index is 11.5. The number of nitrogens with one attached hydrogen (secondary N) is 1. The fourth-order valence-electron chi connectivity index (χ4n) is 1.33. The zero-order valence-electron chi connectivity index (χ0n) is 10.1. The Balaban J connectivity index is 3.04. The van der Waals surface area contributed by atoms with Gasteiger partial charge in [0.15, 0.2) is 12.4 Å². The van der Waals surface area contributed by atoms with Crippen LogP contribution in [-0.4, -0.2) is 35.1 Å². The summed E-state index contributed by atoms with van der Waals surface area (Å²) in [6.45, 7) is 1.42. The number of benzene rings is 1. The molecule has 0 aliphatic carbocycles. The molecule has 0 aliphatic rings. The van der Waals surface area contributed by atoms with Crippen molar-refractivity contribution in [2.45, 2.75) is 6.92 Å². The van der Waals surface area contributed by atoms with Crippen molar-refractivity contribution in [3.63, 3.8) is 0 Å². The van der Waals surface area contributed by atoms with Crippen LogP contribution >= 0.6 is 0 Å². The van der Waals surface area contributed by atoms with Gasteiger partial charge in [-0.05, 0) is 19.1 Å². The molecule has 0 spiro atoms. The number of amides is 1. The van der Waals surface area contributed by atoms with Gasteiger partial charge in [0.1, 0.15) is 0 Å². The Morgan fingerprint density at radius 2 is 2.16 bits per heavy atom. The highest BCUT2D eigenvalue weighted by Crippen LogP contribution is 2.27. The normalized spacial score (nSPS) is 9.74. The van der Waals surface area contributed by atoms with Crippen LogP contribution in [0, 0.1) is 10.1 Å². The number of carbonyl (C=O) groups excluding carboxylic acids is 1. The molecule has 0 saturated heterocycles. The number of carboxylic acid groups (broad SMARTS) is 1. The Hall–Kier alpha value is -2.64. The molecule has 0 saturated carbocycles. The molecule has 1 amide bonds. The lowest BCUT2D eigenvalue weighted by molar-refractivity contribution is -0.385. The Morgan fingerprint density at radius 1 is 1.47 bits per heavy atom. The molecule has 0 aromatic heterocycles. The van der Waals surface area contributed by atoms with Gasteiger partial charge in [0.05, 0.1) is 4.92 Å². The lowest BCUT2D eigenvalue weighted by Crippen LogP contribution is -2.22. The second kappa shape index (κ2) is 6.34. The maximum Gasteiger partial charge on any atom is 0.341 e. The summed E-state index contributed by atoms with van der Waals surface area (Å²) in [5.41, 5.74) is -0.346. The first-order valence-electron chi connectivity index (χ1n) is 5.37. The van der Waals surface area contributed by atoms with Crippen molar-refractivity contribution in [2.75, 3.05) is 13.2 Å². The van der Waals surface area contributed by atoms with Crippen molar-refractivity contribution in [1.29, 1.82) is 0 Å². The summed E-state index contributed by atoms with van der Waals surface area (Å²) in [5.74, 6) is -1.89. The minimum absolute atomic E-state index is 0.108. The van der Waals surface area contributed by atoms with Gasteiger partial charge in [-0.1, -0.05) is 0 Å². The van der Waals surface area contributed by atoms with Crippen molar-refractivity contribution < 1.29 is 24.4 Å². The molecular formula is C11H12N2O6. The standard InChI is InChI=1S/C11H12N2O6/c1-2-12-11(16)7-3-4-9(19-6-10(14)15)8(5-7)13(17)18/h3-5H,2,6H2,1H3,(H,12,16)(H,14,15). The fraction of sp³-hybridized carbons (Fsp3) is 0.273. The molecule has 0 fully saturated rings. The molecule has 1 aromatic carbocycles. The third-order valence-electron chi connectivity index (χ3n) is 2.11. The molecule has 0 bridgehead atoms. The van der Waals surface area contributed by atoms with Gasteiger partial charge >= 0.3 is 11.7 Å². The highest BCUT2D eigenvalue weighted by molar-refractivity contribution is 5.95. The van der Waals surface area contributed by atoms with Crippen molar-refractivity contribution in [2.24, 2.45) is 0 Å². The van der Waals surface area contributed by atoms with Crippen molar-refractivity contribution >= 4 is 17.6 Å². The van der Waals surface area contributed by atoms with Crippen LogP contribution in [0.1, 0.15) is 17.3 Å². The molecule has 0 radical (unpaired) electrons. The van der Waals surface area contributed by atoms with Crippen molar-refractivity contribution in [3.8, 4) is 5.75 Å². The molecule has 0 aliphatic heterocycles. The Kier molecular flexibility index (Phi) is 4.81. The molecule has 2 N–H and O–H groups in total. The molecular weight excluding hydrogens is 256 g/mol. The number of hydrogen-bond donors (Lipinski definition) is 2. The Labute approximate surface area is 108 Å². The van der Waals surface area contributed by atoms with E-state index in [1.165, 1.54) is 12.1 Å². The maximum atomic E-state index is 11.5. The van der Waals surface area contributed by atoms with E-state index in [1.54, 1.807) is 6.92 Å². The second-order valence-electron chi connectivity index (χ2n) is 3.48. The van der Waals surface area contributed by atoms with Crippen LogP contribution in [0.3, 0.4) is 0 Å². The molecule has 1 aromatic rings. The summed E-state index contributed by atoms with van der Waals surface area (Å²) in [6.07, 6.45) is 0. The highest BCUT2D eigenvalue weighted by Gasteiger charge is 2.19. The number of hydrogen-bond acceptors (Lipinski definition) is 5. The molecule has 0 unspecified atom stereocenters. The lowest BCUT2D eigenvalue weighted by atomic mass is 10.1. The lowest BCUT2D eigenvalue weighted by Gasteiger charge is -2.06. The van der Waals surface area contributed by atoms with Crippen LogP contribution in [0.15, 0.2) is 18.2 Å². The topological polar surface area (TPSA) is 119 Å². The van der Waals surface area contributed by atoms with E-state index in [0.29, 0.717) is 6.54 Å². The van der Waals surface area contributed by atoms with E-state index in [4.69, 9.17) is 9.84 Å². The average Bonchev–Trinajstić information content (AvgIpc) is 2.36. The van der Waals surface area contributed by atoms with E-state index in [2.05, 4.69) is 5.32 Å². The SMILES string of the molecule is CCNC(=O)c1ccc(OCC(=O)O)c([N+](=O)[O-])c1. The van der Waals surface area contributed by atoms with E-state index in [1.807, 2.05) is 0 Å². The smallest absolute Gasteiger partial charge is 0.341 e. The number of rotatable bonds is 6. The molecule has 0 heterocycles. The summed E-state index contributed by atoms with van der Waals surface area (Å²) in [6, 6.07) is 3.57. The van der Waals surface area contributed by atoms with E-state index >= 15 is 0 Å². The zero-order valence-corrected chi connectivity index (χ0v) is 10.1. The first-order chi connectivity index (χ1) is 8.95. The summed E-state index contributed by atoms with van der Waals surface area (Å²) in [4.78, 5) is 32.0. The molecule has 8 heteroatoms. The first-order valence-corrected chi connectivity index (χ1v) is 5.37. The number of carboxylic acids is 1. The van der Waals surface area contributed by atoms with Crippen LogP contribution in [0.2, 0.25) is 0 Å². The summed E-state index contributed by atoms with van der Waals surface area (Å²) in [5, 5.41) is 21.8. The number of carbonyl (C=O) groups is 2. The first kappa shape index (κ1) is 14.4. The number of aliphatic carboxylic acids is 1. The molecule has 0 atom stereocenters. The van der Waals surface area contributed by atoms with E-state index in [9.17, 15) is 19.7 Å². The minimum atomic E-state index is -1.25. The molecule has 102 valence electrons. The number of nitrogens with zero attached hydrogens (tertiary/aromatic N) is 1. The van der Waals surface area contributed by atoms with Crippen molar-refractivity contribution in [3.05, 3.63) is 33.9 Å². The van der Waals surface area contributed by atoms with Crippen LogP contribution < -0.4 is 10.1 Å². The largest absolute Gasteiger partial charge is 0.479 e. The third-order valence-corrected chi connectivity index (χ3v) is 2.11. The van der Waals surface area contributed by atoms with Gasteiger partial charge in [-0.15, -0.1) is 0 Å². The molecule has 1 rings (SSSR count). The summed E-state index contributed by atoms with van der Waals surface area (Å²) >= 11 is 0. The molecule has 19 heavy (non-hydrogen) atoms. The zero-order chi connectivity index (χ0) is 14.4. The summed E-state index contributed by atoms with van der Waals surface area (Å²) in [7, 11) is 0. The monoisotopic (exact) mass is 268 g/mol. The van der Waals surface area contributed by atoms with E-state index in [0.717, 1.165) is 6.07 Å². The van der Waals surface area contributed by atoms with Gasteiger partial charge in [0, 0.05) is 18.2 Å². The van der Waals surface area contributed by atoms with Gasteiger partial charge in [0.2, 0.25) is 0 Å². The number of ether oxygens (including phenoxy) is 1. The quantitative estimate of drug-likeness (QED) is 0.582. The summed E-state index contributed by atoms with van der Waals surface area (Å²) < 4.78 is 4.78. The Morgan fingerprint density at radius 3 is 2.68 bits per heavy atom. The predicted octanol–water partition coefficient (Wildman–Crippen LogP) is 0.808. The van der Waals surface area contributed by atoms with E-state index < -0.39 is 29.1 Å². The number of nitro groups is 1. The fourth-order valence-corrected chi connectivity index (χ4v) is 1.33. The van der Waals surface area contributed by atoms with Crippen molar-refractivity contribution in [1.82, 2.24) is 5.32 Å². The van der Waals surface area contributed by atoms with Crippen LogP contribution in [0.5, 0.6) is 5.75 Å². The number of nitro benzene ring substituents is 1. The second-order valence-corrected chi connectivity index (χ2v) is 3.48. The minimum Gasteiger partial charge on any atom is -0.479 e. The van der Waals surface area contributed by atoms with Gasteiger partial charge in [0.25, 0.3) is 5.91 Å². The van der Waals surface area contributed by atoms with Crippen LogP contribution in [-0.2, 0) is 4.79 Å². The third kappa shape index (κ3) is 3.95. The molecule has 8 nitrogen and oxygen atoms in total. The van der Waals surface area contributed by atoms with Gasteiger partial charge < -0.3 is 15.2 Å². The van der Waals surface area contributed by atoms with E-state index in [-0.39, 0.29) is 11.3 Å². The highest BCUT2D eigenvalue weighted by atomic mass is 16.6. The van der Waals surface area contributed by atoms with Crippen LogP contribution in [0.25, 0.3) is 0 Å². The van der Waals surface area contributed by atoms with Gasteiger partial charge in [-0.2, -0.15) is 0 Å². The van der Waals surface area contributed by atoms with Crippen LogP contribution in [0.4, 0.5) is 5.69 Å².